The van der Waals surface area contributed by atoms with Gasteiger partial charge < -0.3 is 5.73 Å². The molecular weight excluding hydrogens is 228 g/mol. The van der Waals surface area contributed by atoms with Crippen molar-refractivity contribution in [2.45, 2.75) is 50.5 Å². The van der Waals surface area contributed by atoms with Gasteiger partial charge in [-0.3, -0.25) is 10.1 Å². The molecule has 2 N–H and O–H groups in total. The lowest BCUT2D eigenvalue weighted by Crippen LogP contribution is -2.42. The third-order valence-corrected chi connectivity index (χ3v) is 3.93. The number of nitro groups is 1. The molecule has 1 aromatic carbocycles. The molecule has 0 spiro atoms. The standard InChI is InChI=1S/C14H20N2O2/c15-14(9-4-1-5-10-14)11-8-12-6-2-3-7-13(12)16(17)18/h2-3,6-7H,1,4-5,8-11,15H2. The maximum Gasteiger partial charge on any atom is 0.272 e. The average Bonchev–Trinajstić information content (AvgIpc) is 2.38. The van der Waals surface area contributed by atoms with E-state index in [0.717, 1.165) is 24.8 Å². The van der Waals surface area contributed by atoms with Crippen LogP contribution in [0.1, 0.15) is 44.1 Å². The highest BCUT2D eigenvalue weighted by Crippen LogP contribution is 2.31. The van der Waals surface area contributed by atoms with Gasteiger partial charge >= 0.3 is 0 Å². The van der Waals surface area contributed by atoms with E-state index in [4.69, 9.17) is 5.73 Å². The summed E-state index contributed by atoms with van der Waals surface area (Å²) in [6, 6.07) is 6.97. The lowest BCUT2D eigenvalue weighted by atomic mass is 9.78. The van der Waals surface area contributed by atoms with Crippen molar-refractivity contribution in [1.29, 1.82) is 0 Å². The van der Waals surface area contributed by atoms with Crippen LogP contribution in [0.25, 0.3) is 0 Å². The van der Waals surface area contributed by atoms with E-state index in [1.807, 2.05) is 12.1 Å². The summed E-state index contributed by atoms with van der Waals surface area (Å²) in [6.07, 6.45) is 7.29. The second-order valence-electron chi connectivity index (χ2n) is 5.31. The lowest BCUT2D eigenvalue weighted by molar-refractivity contribution is -0.385. The average molecular weight is 248 g/mol. The molecule has 0 heterocycles. The second-order valence-corrected chi connectivity index (χ2v) is 5.31. The van der Waals surface area contributed by atoms with Crippen molar-refractivity contribution < 1.29 is 4.92 Å². The van der Waals surface area contributed by atoms with Crippen molar-refractivity contribution in [3.8, 4) is 0 Å². The minimum atomic E-state index is -0.306. The Kier molecular flexibility index (Phi) is 3.97. The smallest absolute Gasteiger partial charge is 0.272 e. The maximum atomic E-state index is 10.9. The summed E-state index contributed by atoms with van der Waals surface area (Å²) in [5, 5.41) is 10.9. The van der Waals surface area contributed by atoms with Crippen molar-refractivity contribution in [2.75, 3.05) is 0 Å². The van der Waals surface area contributed by atoms with Crippen LogP contribution in [0.15, 0.2) is 24.3 Å². The number of nitro benzene ring substituents is 1. The van der Waals surface area contributed by atoms with E-state index in [-0.39, 0.29) is 16.1 Å². The van der Waals surface area contributed by atoms with Crippen LogP contribution in [0.5, 0.6) is 0 Å². The molecule has 2 rings (SSSR count). The second kappa shape index (κ2) is 5.48. The van der Waals surface area contributed by atoms with Gasteiger partial charge in [-0.25, -0.2) is 0 Å². The van der Waals surface area contributed by atoms with Crippen LogP contribution >= 0.6 is 0 Å². The molecule has 0 aromatic heterocycles. The fraction of sp³-hybridized carbons (Fsp3) is 0.571. The highest BCUT2D eigenvalue weighted by Gasteiger charge is 2.27. The highest BCUT2D eigenvalue weighted by atomic mass is 16.6. The lowest BCUT2D eigenvalue weighted by Gasteiger charge is -2.33. The van der Waals surface area contributed by atoms with Gasteiger partial charge in [0, 0.05) is 17.2 Å². The molecule has 0 unspecified atom stereocenters. The summed E-state index contributed by atoms with van der Waals surface area (Å²) in [4.78, 5) is 10.6. The molecule has 1 fully saturated rings. The number of hydrogen-bond donors (Lipinski definition) is 1. The minimum absolute atomic E-state index is 0.109. The van der Waals surface area contributed by atoms with E-state index >= 15 is 0 Å². The first-order chi connectivity index (χ1) is 8.61. The summed E-state index contributed by atoms with van der Waals surface area (Å²) < 4.78 is 0. The monoisotopic (exact) mass is 248 g/mol. The first-order valence-electron chi connectivity index (χ1n) is 6.62. The van der Waals surface area contributed by atoms with Crippen molar-refractivity contribution in [3.05, 3.63) is 39.9 Å². The van der Waals surface area contributed by atoms with Crippen LogP contribution in [0.3, 0.4) is 0 Å². The summed E-state index contributed by atoms with van der Waals surface area (Å²) >= 11 is 0. The molecule has 4 nitrogen and oxygen atoms in total. The molecule has 1 aromatic rings. The van der Waals surface area contributed by atoms with Crippen LogP contribution in [0.2, 0.25) is 0 Å². The maximum absolute atomic E-state index is 10.9. The number of hydrogen-bond acceptors (Lipinski definition) is 3. The van der Waals surface area contributed by atoms with E-state index < -0.39 is 0 Å². The van der Waals surface area contributed by atoms with Gasteiger partial charge in [0.1, 0.15) is 0 Å². The van der Waals surface area contributed by atoms with Gasteiger partial charge in [0.25, 0.3) is 5.69 Å². The molecule has 18 heavy (non-hydrogen) atoms. The molecule has 0 bridgehead atoms. The van der Waals surface area contributed by atoms with Gasteiger partial charge in [-0.1, -0.05) is 37.5 Å². The predicted octanol–water partition coefficient (Wildman–Crippen LogP) is 3.19. The first kappa shape index (κ1) is 13.0. The summed E-state index contributed by atoms with van der Waals surface area (Å²) in [7, 11) is 0. The molecule has 0 atom stereocenters. The number of para-hydroxylation sites is 1. The van der Waals surface area contributed by atoms with Crippen LogP contribution in [-0.4, -0.2) is 10.5 Å². The highest BCUT2D eigenvalue weighted by molar-refractivity contribution is 5.39. The summed E-state index contributed by atoms with van der Waals surface area (Å²) in [5.41, 5.74) is 7.28. The molecular formula is C14H20N2O2. The first-order valence-corrected chi connectivity index (χ1v) is 6.62. The van der Waals surface area contributed by atoms with E-state index in [9.17, 15) is 10.1 Å². The minimum Gasteiger partial charge on any atom is -0.325 e. The molecule has 1 aliphatic carbocycles. The Hall–Kier alpha value is -1.42. The van der Waals surface area contributed by atoms with Gasteiger partial charge in [0.05, 0.1) is 4.92 Å². The van der Waals surface area contributed by atoms with Gasteiger partial charge in [0.2, 0.25) is 0 Å². The largest absolute Gasteiger partial charge is 0.325 e. The van der Waals surface area contributed by atoms with Gasteiger partial charge in [-0.2, -0.15) is 0 Å². The Labute approximate surface area is 107 Å². The summed E-state index contributed by atoms with van der Waals surface area (Å²) in [5.74, 6) is 0. The molecule has 4 heteroatoms. The number of nitrogens with zero attached hydrogens (tertiary/aromatic N) is 1. The third-order valence-electron chi connectivity index (χ3n) is 3.93. The Balaban J connectivity index is 2.03. The number of benzene rings is 1. The third kappa shape index (κ3) is 3.07. The van der Waals surface area contributed by atoms with Crippen molar-refractivity contribution in [1.82, 2.24) is 0 Å². The van der Waals surface area contributed by atoms with Gasteiger partial charge in [0.15, 0.2) is 0 Å². The molecule has 1 aliphatic rings. The number of nitrogens with two attached hydrogens (primary N) is 1. The fourth-order valence-corrected chi connectivity index (χ4v) is 2.79. The van der Waals surface area contributed by atoms with Crippen molar-refractivity contribution >= 4 is 5.69 Å². The topological polar surface area (TPSA) is 69.2 Å². The molecule has 98 valence electrons. The van der Waals surface area contributed by atoms with Crippen LogP contribution in [0.4, 0.5) is 5.69 Å². The van der Waals surface area contributed by atoms with Crippen LogP contribution in [-0.2, 0) is 6.42 Å². The zero-order valence-electron chi connectivity index (χ0n) is 10.6. The van der Waals surface area contributed by atoms with E-state index in [0.29, 0.717) is 6.42 Å². The van der Waals surface area contributed by atoms with E-state index in [2.05, 4.69) is 0 Å². The normalized spacial score (nSPS) is 18.5. The van der Waals surface area contributed by atoms with Crippen molar-refractivity contribution in [3.63, 3.8) is 0 Å². The van der Waals surface area contributed by atoms with Crippen LogP contribution < -0.4 is 5.73 Å². The van der Waals surface area contributed by atoms with E-state index in [1.54, 1.807) is 12.1 Å². The Morgan fingerprint density at radius 2 is 1.89 bits per heavy atom. The Morgan fingerprint density at radius 3 is 2.56 bits per heavy atom. The predicted molar refractivity (Wildman–Crippen MR) is 71.4 cm³/mol. The van der Waals surface area contributed by atoms with Crippen molar-refractivity contribution in [2.24, 2.45) is 5.73 Å². The van der Waals surface area contributed by atoms with Gasteiger partial charge in [-0.05, 0) is 25.7 Å². The molecule has 0 saturated heterocycles. The van der Waals surface area contributed by atoms with Crippen LogP contribution in [0, 0.1) is 10.1 Å². The van der Waals surface area contributed by atoms with E-state index in [1.165, 1.54) is 19.3 Å². The zero-order chi connectivity index (χ0) is 13.0. The molecule has 0 radical (unpaired) electrons. The molecule has 1 saturated carbocycles. The fourth-order valence-electron chi connectivity index (χ4n) is 2.79. The number of aryl methyl sites for hydroxylation is 1. The Bertz CT molecular complexity index is 426. The molecule has 0 aliphatic heterocycles. The number of rotatable bonds is 4. The quantitative estimate of drug-likeness (QED) is 0.657. The Morgan fingerprint density at radius 1 is 1.22 bits per heavy atom. The zero-order valence-corrected chi connectivity index (χ0v) is 10.6. The summed E-state index contributed by atoms with van der Waals surface area (Å²) in [6.45, 7) is 0. The molecule has 0 amide bonds. The van der Waals surface area contributed by atoms with Gasteiger partial charge in [-0.15, -0.1) is 0 Å². The SMILES string of the molecule is NC1(CCc2ccccc2[N+](=O)[O-])CCCCC1.